The molecule has 16 valence electrons. The number of rotatable bonds is 0. The van der Waals surface area contributed by atoms with E-state index in [2.05, 4.69) is 0 Å². The molecular weight excluding hydrogens is 117 g/mol. The minimum Gasteiger partial charge on any atom is -1.00 e. The van der Waals surface area contributed by atoms with Crippen LogP contribution in [0, 0.1) is 0 Å². The van der Waals surface area contributed by atoms with Crippen molar-refractivity contribution in [3.63, 3.8) is 0 Å². The van der Waals surface area contributed by atoms with Gasteiger partial charge in [0.05, 0.1) is 0 Å². The maximum absolute atomic E-state index is 0. The molecule has 0 aliphatic rings. The van der Waals surface area contributed by atoms with Crippen LogP contribution in [0.2, 0.25) is 0 Å². The fraction of sp³-hybridized carbons (Fsp3) is 0. The molecule has 0 heterocycles. The molecule has 0 aliphatic carbocycles. The van der Waals surface area contributed by atoms with Crippen LogP contribution in [0.5, 0.6) is 0 Å². The van der Waals surface area contributed by atoms with Gasteiger partial charge in [-0.25, -0.2) is 0 Å². The van der Waals surface area contributed by atoms with Crippen molar-refractivity contribution in [3.05, 3.63) is 0 Å². The fourth-order valence-electron chi connectivity index (χ4n) is 0. The molecule has 0 aromatic heterocycles. The van der Waals surface area contributed by atoms with E-state index in [-0.39, 0.29) is 112 Å². The van der Waals surface area contributed by atoms with Gasteiger partial charge in [-0.1, -0.05) is 0 Å². The summed E-state index contributed by atoms with van der Waals surface area (Å²) in [7, 11) is 0. The molecule has 0 spiro atoms. The van der Waals surface area contributed by atoms with E-state index < -0.39 is 0 Å². The van der Waals surface area contributed by atoms with Crippen LogP contribution in [0.4, 0.5) is 0 Å². The molecule has 0 rings (SSSR count). The average molecular weight is 124 g/mol. The van der Waals surface area contributed by atoms with Gasteiger partial charge >= 0.3 is 80.9 Å². The van der Waals surface area contributed by atoms with Crippen molar-refractivity contribution in [3.8, 4) is 0 Å². The van der Waals surface area contributed by atoms with Crippen LogP contribution in [0.3, 0.4) is 0 Å². The van der Waals surface area contributed by atoms with Gasteiger partial charge in [0.2, 0.25) is 0 Å². The monoisotopic (exact) mass is 124 g/mol. The normalized spacial score (nSPS) is 0. The fourth-order valence-corrected chi connectivity index (χ4v) is 0. The van der Waals surface area contributed by atoms with Gasteiger partial charge in [-0.3, -0.25) is 0 Å². The number of hydrogen-bond donors (Lipinski definition) is 0. The third kappa shape index (κ3) is 9.04. The SMILES string of the molecule is [AlH2].[H-].[H-].[K+].[Na+].[SiH3]. The van der Waals surface area contributed by atoms with Gasteiger partial charge in [-0.2, -0.15) is 0 Å². The Morgan fingerprint density at radius 3 is 1.25 bits per heavy atom. The van der Waals surface area contributed by atoms with E-state index in [1.807, 2.05) is 0 Å². The van der Waals surface area contributed by atoms with E-state index in [0.717, 1.165) is 0 Å². The summed E-state index contributed by atoms with van der Waals surface area (Å²) in [6.45, 7) is 0. The van der Waals surface area contributed by atoms with Gasteiger partial charge in [-0.15, -0.1) is 0 Å². The van der Waals surface area contributed by atoms with Crippen LogP contribution in [0.25, 0.3) is 0 Å². The molecule has 0 saturated carbocycles. The van der Waals surface area contributed by atoms with E-state index in [1.165, 1.54) is 0 Å². The second kappa shape index (κ2) is 16.2. The molecule has 0 nitrogen and oxygen atoms in total. The molecule has 0 amide bonds. The van der Waals surface area contributed by atoms with Crippen LogP contribution in [0.15, 0.2) is 0 Å². The molecule has 0 bridgehead atoms. The molecule has 2 radical (unpaired) electrons. The zero-order valence-corrected chi connectivity index (χ0v) is 13.1. The molecule has 0 aliphatic heterocycles. The van der Waals surface area contributed by atoms with E-state index in [4.69, 9.17) is 0 Å². The van der Waals surface area contributed by atoms with Crippen LogP contribution in [-0.2, 0) is 0 Å². The topological polar surface area (TPSA) is 0 Å². The molecule has 4 heteroatoms. The van der Waals surface area contributed by atoms with E-state index in [9.17, 15) is 0 Å². The summed E-state index contributed by atoms with van der Waals surface area (Å²) in [6.07, 6.45) is 0. The second-order valence-electron chi connectivity index (χ2n) is 0. The zero-order chi connectivity index (χ0) is 0. The van der Waals surface area contributed by atoms with E-state index in [1.54, 1.807) is 0 Å². The van der Waals surface area contributed by atoms with Gasteiger partial charge < -0.3 is 2.85 Å². The van der Waals surface area contributed by atoms with Crippen molar-refractivity contribution in [1.29, 1.82) is 0 Å². The predicted octanol–water partition coefficient (Wildman–Crippen LogP) is -7.87. The third-order valence-corrected chi connectivity index (χ3v) is 0. The molecular formula is H7AlKNaSi. The standard InChI is InChI=1S/Al.K.Na.H3Si.4H/h;;;1H3;;;;/q;2*+1;;;;2*-1. The molecule has 4 heavy (non-hydrogen) atoms. The van der Waals surface area contributed by atoms with E-state index in [0.29, 0.717) is 0 Å². The summed E-state index contributed by atoms with van der Waals surface area (Å²) in [5.41, 5.74) is 0. The van der Waals surface area contributed by atoms with Crippen molar-refractivity contribution >= 4 is 28.3 Å². The van der Waals surface area contributed by atoms with Crippen LogP contribution >= 0.6 is 0 Å². The molecule has 0 unspecified atom stereocenters. The smallest absolute Gasteiger partial charge is 1.00 e. The third-order valence-electron chi connectivity index (χ3n) is 0. The van der Waals surface area contributed by atoms with Crippen LogP contribution in [0.1, 0.15) is 2.85 Å². The second-order valence-corrected chi connectivity index (χ2v) is 0. The summed E-state index contributed by atoms with van der Waals surface area (Å²) in [6, 6.07) is 0. The summed E-state index contributed by atoms with van der Waals surface area (Å²) in [4.78, 5) is 0. The van der Waals surface area contributed by atoms with Gasteiger partial charge in [0, 0.05) is 0 Å². The largest absolute Gasteiger partial charge is 1.00 e. The van der Waals surface area contributed by atoms with Crippen LogP contribution < -0.4 is 80.9 Å². The van der Waals surface area contributed by atoms with Gasteiger partial charge in [0.15, 0.2) is 0 Å². The summed E-state index contributed by atoms with van der Waals surface area (Å²) in [5.74, 6) is 0. The Morgan fingerprint density at radius 2 is 1.25 bits per heavy atom. The average Bonchev–Trinajstić information content (AvgIpc) is 0. The molecule has 0 atom stereocenters. The van der Waals surface area contributed by atoms with E-state index >= 15 is 0 Å². The van der Waals surface area contributed by atoms with Crippen molar-refractivity contribution in [2.75, 3.05) is 0 Å². The first kappa shape index (κ1) is 26.3. The quantitative estimate of drug-likeness (QED) is 0.281. The Kier molecular flexibility index (Phi) is 106. The van der Waals surface area contributed by atoms with Gasteiger partial charge in [0.25, 0.3) is 0 Å². The van der Waals surface area contributed by atoms with Gasteiger partial charge in [0.1, 0.15) is 17.4 Å². The Balaban J connectivity index is 0. The van der Waals surface area contributed by atoms with Crippen molar-refractivity contribution in [2.24, 2.45) is 0 Å². The van der Waals surface area contributed by atoms with Crippen molar-refractivity contribution in [2.45, 2.75) is 0 Å². The first-order valence-electron chi connectivity index (χ1n) is 0. The predicted molar refractivity (Wildman–Crippen MR) is 20.7 cm³/mol. The Hall–Kier alpha value is 3.39. The van der Waals surface area contributed by atoms with Crippen LogP contribution in [-0.4, -0.2) is 28.3 Å². The Labute approximate surface area is 109 Å². The number of hydrogen-bond acceptors (Lipinski definition) is 0. The Bertz CT molecular complexity index is 13.5. The molecule has 0 aromatic rings. The molecule has 0 saturated heterocycles. The zero-order valence-electron chi connectivity index (χ0n) is 6.00. The minimum atomic E-state index is 0. The molecule has 0 N–H and O–H groups in total. The summed E-state index contributed by atoms with van der Waals surface area (Å²) in [5, 5.41) is 0. The first-order valence-corrected chi connectivity index (χ1v) is 0. The maximum Gasteiger partial charge on any atom is 1.00 e. The maximum atomic E-state index is 0. The van der Waals surface area contributed by atoms with Crippen molar-refractivity contribution in [1.82, 2.24) is 0 Å². The summed E-state index contributed by atoms with van der Waals surface area (Å²) >= 11 is 0. The van der Waals surface area contributed by atoms with Crippen molar-refractivity contribution < 1.29 is 83.8 Å². The summed E-state index contributed by atoms with van der Waals surface area (Å²) < 4.78 is 0. The minimum absolute atomic E-state index is 0. The Morgan fingerprint density at radius 1 is 1.25 bits per heavy atom. The first-order chi connectivity index (χ1) is 0. The molecule has 0 fully saturated rings. The molecule has 0 aromatic carbocycles. The van der Waals surface area contributed by atoms with Gasteiger partial charge in [-0.05, 0) is 11.0 Å².